The molecule has 19 heteroatoms. The summed E-state index contributed by atoms with van der Waals surface area (Å²) in [5.74, 6) is -0.374. The molecule has 0 amide bonds. The Labute approximate surface area is 664 Å². The second kappa shape index (κ2) is 80.3. The van der Waals surface area contributed by atoms with Crippen molar-refractivity contribution in [2.24, 2.45) is 11.8 Å². The summed E-state index contributed by atoms with van der Waals surface area (Å²) in [5, 5.41) is 10.7. The number of carbonyl (C=O) groups is 4. The van der Waals surface area contributed by atoms with Gasteiger partial charge >= 0.3 is 39.5 Å². The number of hydrogen-bond donors (Lipinski definition) is 3. The number of phosphoric ester groups is 2. The van der Waals surface area contributed by atoms with Gasteiger partial charge in [-0.15, -0.1) is 0 Å². The van der Waals surface area contributed by atoms with Crippen LogP contribution in [0.5, 0.6) is 0 Å². The molecule has 17 nitrogen and oxygen atoms in total. The number of rotatable bonds is 88. The molecule has 0 heterocycles. The number of ether oxygens (including phenoxy) is 4. The summed E-state index contributed by atoms with van der Waals surface area (Å²) in [4.78, 5) is 73.4. The van der Waals surface area contributed by atoms with E-state index in [0.717, 1.165) is 102 Å². The highest BCUT2D eigenvalue weighted by atomic mass is 31.2. The molecule has 108 heavy (non-hydrogen) atoms. The summed E-state index contributed by atoms with van der Waals surface area (Å²) >= 11 is 0. The van der Waals surface area contributed by atoms with Gasteiger partial charge in [0.05, 0.1) is 26.4 Å². The molecule has 0 bridgehead atoms. The molecule has 0 aromatic rings. The van der Waals surface area contributed by atoms with Crippen molar-refractivity contribution in [2.75, 3.05) is 39.6 Å². The second-order valence-electron chi connectivity index (χ2n) is 32.5. The first-order chi connectivity index (χ1) is 52.4. The van der Waals surface area contributed by atoms with Gasteiger partial charge in [0, 0.05) is 25.7 Å². The molecule has 0 saturated heterocycles. The first kappa shape index (κ1) is 106. The van der Waals surface area contributed by atoms with Crippen molar-refractivity contribution in [3.63, 3.8) is 0 Å². The van der Waals surface area contributed by atoms with E-state index in [1.165, 1.54) is 295 Å². The lowest BCUT2D eigenvalue weighted by molar-refractivity contribution is -0.161. The Morgan fingerprint density at radius 2 is 0.444 bits per heavy atom. The fourth-order valence-corrected chi connectivity index (χ4v) is 15.5. The Morgan fingerprint density at radius 3 is 0.657 bits per heavy atom. The van der Waals surface area contributed by atoms with Gasteiger partial charge in [0.1, 0.15) is 19.3 Å². The molecular formula is C89H174O17P2. The molecule has 0 aromatic heterocycles. The minimum Gasteiger partial charge on any atom is -0.462 e. The van der Waals surface area contributed by atoms with E-state index in [9.17, 15) is 43.2 Å². The number of hydrogen-bond acceptors (Lipinski definition) is 15. The number of unbranched alkanes of at least 4 members (excludes halogenated alkanes) is 56. The van der Waals surface area contributed by atoms with Crippen molar-refractivity contribution in [1.82, 2.24) is 0 Å². The molecule has 0 aliphatic carbocycles. The van der Waals surface area contributed by atoms with Crippen LogP contribution >= 0.6 is 15.6 Å². The highest BCUT2D eigenvalue weighted by molar-refractivity contribution is 7.47. The molecule has 0 spiro atoms. The van der Waals surface area contributed by atoms with Gasteiger partial charge in [-0.3, -0.25) is 37.3 Å². The van der Waals surface area contributed by atoms with Crippen LogP contribution in [0.25, 0.3) is 0 Å². The third kappa shape index (κ3) is 79.3. The fraction of sp³-hybridized carbons (Fsp3) is 0.955. The zero-order valence-electron chi connectivity index (χ0n) is 71.2. The third-order valence-electron chi connectivity index (χ3n) is 21.7. The molecule has 0 radical (unpaired) electrons. The number of aliphatic hydroxyl groups excluding tert-OH is 1. The first-order valence-corrected chi connectivity index (χ1v) is 49.1. The van der Waals surface area contributed by atoms with E-state index in [4.69, 9.17) is 37.0 Å². The summed E-state index contributed by atoms with van der Waals surface area (Å²) in [5.41, 5.74) is 0. The van der Waals surface area contributed by atoms with E-state index in [1.807, 2.05) is 0 Å². The van der Waals surface area contributed by atoms with Crippen molar-refractivity contribution in [1.29, 1.82) is 0 Å². The van der Waals surface area contributed by atoms with Gasteiger partial charge in [-0.2, -0.15) is 0 Å². The Bertz CT molecular complexity index is 2070. The van der Waals surface area contributed by atoms with Crippen molar-refractivity contribution < 1.29 is 80.2 Å². The Morgan fingerprint density at radius 1 is 0.259 bits per heavy atom. The summed E-state index contributed by atoms with van der Waals surface area (Å²) in [7, 11) is -9.93. The molecule has 0 saturated carbocycles. The highest BCUT2D eigenvalue weighted by Gasteiger charge is 2.31. The molecular weight excluding hydrogens is 1400 g/mol. The average Bonchev–Trinajstić information content (AvgIpc) is 0.896. The molecule has 0 fully saturated rings. The maximum absolute atomic E-state index is 13.2. The van der Waals surface area contributed by atoms with Gasteiger partial charge in [0.15, 0.2) is 12.2 Å². The van der Waals surface area contributed by atoms with Crippen LogP contribution in [-0.2, 0) is 65.4 Å². The molecule has 7 atom stereocenters. The molecule has 0 aromatic carbocycles. The SMILES string of the molecule is CCCCCCCCCCCCCCCCCC(=O)O[C@H](COC(=O)CCCCCCCCCCCCCCC)COP(=O)(O)OC[C@H](O)COP(=O)(O)OC[C@@H](COC(=O)CCCCCCCCCCCCCCCCC(C)CC)OC(=O)CCCCCCCCCCCCCCCCCCCCC(C)CC. The van der Waals surface area contributed by atoms with E-state index < -0.39 is 97.5 Å². The molecule has 4 unspecified atom stereocenters. The molecule has 0 aliphatic rings. The van der Waals surface area contributed by atoms with Crippen molar-refractivity contribution in [3.8, 4) is 0 Å². The lowest BCUT2D eigenvalue weighted by atomic mass is 9.99. The van der Waals surface area contributed by atoms with E-state index in [1.54, 1.807) is 0 Å². The lowest BCUT2D eigenvalue weighted by Gasteiger charge is -2.21. The summed E-state index contributed by atoms with van der Waals surface area (Å²) in [6.45, 7) is 9.82. The molecule has 642 valence electrons. The van der Waals surface area contributed by atoms with Crippen LogP contribution < -0.4 is 0 Å². The molecule has 0 rings (SSSR count). The van der Waals surface area contributed by atoms with Gasteiger partial charge in [-0.1, -0.05) is 427 Å². The lowest BCUT2D eigenvalue weighted by Crippen LogP contribution is -2.30. The summed E-state index contributed by atoms with van der Waals surface area (Å²) in [6.07, 6.45) is 73.3. The quantitative estimate of drug-likeness (QED) is 0.0222. The fourth-order valence-electron chi connectivity index (χ4n) is 13.9. The standard InChI is InChI=1S/C89H174O17P2/c1-7-11-13-15-17-19-21-23-28-37-43-49-55-61-67-73-88(93)105-84(77-99-86(91)71-65-59-53-47-41-33-22-20-18-16-14-12-8-2)79-103-107(95,96)101-75-83(90)76-102-108(97,98)104-80-85(78-100-87(92)72-66-60-54-48-42-36-32-31-35-40-46-52-58-64-70-82(6)10-4)106-89(94)74-68-62-56-50-44-38-30-27-25-24-26-29-34-39-45-51-57-63-69-81(5)9-3/h81-85,90H,7-80H2,1-6H3,(H,95,96)(H,97,98)/t81?,82?,83-,84+,85+/m0/s1. The van der Waals surface area contributed by atoms with E-state index in [2.05, 4.69) is 41.5 Å². The maximum atomic E-state index is 13.2. The predicted octanol–water partition coefficient (Wildman–Crippen LogP) is 27.4. The average molecular weight is 1580 g/mol. The number of carbonyl (C=O) groups excluding carboxylic acids is 4. The minimum absolute atomic E-state index is 0.109. The topological polar surface area (TPSA) is 237 Å². The predicted molar refractivity (Wildman–Crippen MR) is 446 cm³/mol. The van der Waals surface area contributed by atoms with Gasteiger partial charge in [0.25, 0.3) is 0 Å². The maximum Gasteiger partial charge on any atom is 0.472 e. The van der Waals surface area contributed by atoms with Gasteiger partial charge < -0.3 is 33.8 Å². The first-order valence-electron chi connectivity index (χ1n) is 46.1. The van der Waals surface area contributed by atoms with Crippen LogP contribution in [0.4, 0.5) is 0 Å². The Kier molecular flexibility index (Phi) is 78.8. The second-order valence-corrected chi connectivity index (χ2v) is 35.4. The summed E-state index contributed by atoms with van der Waals surface area (Å²) < 4.78 is 69.0. The van der Waals surface area contributed by atoms with Gasteiger partial charge in [-0.25, -0.2) is 9.13 Å². The molecule has 0 aliphatic heterocycles. The van der Waals surface area contributed by atoms with Crippen molar-refractivity contribution in [2.45, 2.75) is 496 Å². The third-order valence-corrected chi connectivity index (χ3v) is 23.6. The summed E-state index contributed by atoms with van der Waals surface area (Å²) in [6, 6.07) is 0. The van der Waals surface area contributed by atoms with Gasteiger partial charge in [-0.05, 0) is 37.5 Å². The largest absolute Gasteiger partial charge is 0.472 e. The number of phosphoric acid groups is 2. The van der Waals surface area contributed by atoms with Crippen LogP contribution in [0.15, 0.2) is 0 Å². The van der Waals surface area contributed by atoms with Crippen molar-refractivity contribution in [3.05, 3.63) is 0 Å². The van der Waals surface area contributed by atoms with Crippen molar-refractivity contribution >= 4 is 39.5 Å². The number of aliphatic hydroxyl groups is 1. The van der Waals surface area contributed by atoms with E-state index in [0.29, 0.717) is 25.7 Å². The van der Waals surface area contributed by atoms with Crippen LogP contribution in [0.2, 0.25) is 0 Å². The van der Waals surface area contributed by atoms with Gasteiger partial charge in [0.2, 0.25) is 0 Å². The van der Waals surface area contributed by atoms with Crippen LogP contribution in [0.1, 0.15) is 478 Å². The van der Waals surface area contributed by atoms with E-state index in [-0.39, 0.29) is 25.7 Å². The minimum atomic E-state index is -4.97. The Balaban J connectivity index is 5.25. The van der Waals surface area contributed by atoms with E-state index >= 15 is 0 Å². The normalized spacial score (nSPS) is 14.3. The monoisotopic (exact) mass is 1580 g/mol. The smallest absolute Gasteiger partial charge is 0.462 e. The van der Waals surface area contributed by atoms with Crippen LogP contribution in [0, 0.1) is 11.8 Å². The molecule has 3 N–H and O–H groups in total. The highest BCUT2D eigenvalue weighted by Crippen LogP contribution is 2.45. The van der Waals surface area contributed by atoms with Crippen LogP contribution in [0.3, 0.4) is 0 Å². The number of esters is 4. The van der Waals surface area contributed by atoms with Crippen LogP contribution in [-0.4, -0.2) is 96.7 Å². The zero-order valence-corrected chi connectivity index (χ0v) is 73.0. The zero-order chi connectivity index (χ0) is 79.2. The Hall–Kier alpha value is -1.94.